The molecule has 0 aliphatic heterocycles. The van der Waals surface area contributed by atoms with Crippen molar-refractivity contribution < 1.29 is 8.42 Å². The standard InChI is InChI=1S/C14H16N2O2S2/c1-9-3-4-11(7-10(9)2)19-14-6-5-12(8-13(14)15)20(16,17)18/h3-8H,15H2,1-2H3,(H2,16,17,18). The lowest BCUT2D eigenvalue weighted by atomic mass is 10.1. The Labute approximate surface area is 123 Å². The minimum atomic E-state index is -3.72. The molecule has 20 heavy (non-hydrogen) atoms. The van der Waals surface area contributed by atoms with Crippen LogP contribution in [0, 0.1) is 13.8 Å². The zero-order valence-electron chi connectivity index (χ0n) is 11.3. The average Bonchev–Trinajstić information content (AvgIpc) is 2.35. The van der Waals surface area contributed by atoms with Crippen LogP contribution in [0.4, 0.5) is 5.69 Å². The molecule has 2 aromatic carbocycles. The van der Waals surface area contributed by atoms with Gasteiger partial charge in [-0.2, -0.15) is 0 Å². The van der Waals surface area contributed by atoms with E-state index in [-0.39, 0.29) is 4.90 Å². The number of primary sulfonamides is 1. The van der Waals surface area contributed by atoms with Crippen molar-refractivity contribution in [2.45, 2.75) is 28.5 Å². The summed E-state index contributed by atoms with van der Waals surface area (Å²) in [7, 11) is -3.72. The van der Waals surface area contributed by atoms with Gasteiger partial charge in [0.1, 0.15) is 0 Å². The van der Waals surface area contributed by atoms with E-state index in [2.05, 4.69) is 13.0 Å². The second-order valence-corrected chi connectivity index (χ2v) is 7.27. The molecule has 0 amide bonds. The molecule has 0 fully saturated rings. The zero-order chi connectivity index (χ0) is 14.9. The zero-order valence-corrected chi connectivity index (χ0v) is 12.9. The fourth-order valence-electron chi connectivity index (χ4n) is 1.70. The summed E-state index contributed by atoms with van der Waals surface area (Å²) in [6.07, 6.45) is 0. The molecule has 0 aliphatic rings. The Bertz CT molecular complexity index is 756. The molecule has 0 aliphatic carbocycles. The van der Waals surface area contributed by atoms with Crippen LogP contribution in [0.25, 0.3) is 0 Å². The number of hydrogen-bond acceptors (Lipinski definition) is 4. The highest BCUT2D eigenvalue weighted by Gasteiger charge is 2.11. The SMILES string of the molecule is Cc1ccc(Sc2ccc(S(N)(=O)=O)cc2N)cc1C. The fourth-order valence-corrected chi connectivity index (χ4v) is 3.19. The van der Waals surface area contributed by atoms with Crippen molar-refractivity contribution in [3.05, 3.63) is 47.5 Å². The van der Waals surface area contributed by atoms with Gasteiger partial charge in [-0.05, 0) is 55.3 Å². The van der Waals surface area contributed by atoms with Crippen LogP contribution in [-0.4, -0.2) is 8.42 Å². The third-order valence-corrected chi connectivity index (χ3v) is 5.01. The summed E-state index contributed by atoms with van der Waals surface area (Å²) < 4.78 is 22.5. The van der Waals surface area contributed by atoms with Crippen LogP contribution in [-0.2, 0) is 10.0 Å². The number of sulfonamides is 1. The van der Waals surface area contributed by atoms with Crippen LogP contribution >= 0.6 is 11.8 Å². The molecule has 0 radical (unpaired) electrons. The monoisotopic (exact) mass is 308 g/mol. The van der Waals surface area contributed by atoms with Crippen molar-refractivity contribution >= 4 is 27.5 Å². The van der Waals surface area contributed by atoms with Gasteiger partial charge in [0, 0.05) is 15.5 Å². The molecule has 0 atom stereocenters. The molecule has 0 saturated carbocycles. The number of hydrogen-bond donors (Lipinski definition) is 2. The van der Waals surface area contributed by atoms with Crippen molar-refractivity contribution in [2.24, 2.45) is 5.14 Å². The van der Waals surface area contributed by atoms with E-state index >= 15 is 0 Å². The third-order valence-electron chi connectivity index (χ3n) is 3.02. The maximum absolute atomic E-state index is 11.3. The van der Waals surface area contributed by atoms with Gasteiger partial charge in [-0.1, -0.05) is 17.8 Å². The van der Waals surface area contributed by atoms with E-state index in [0.717, 1.165) is 9.79 Å². The molecule has 4 N–H and O–H groups in total. The largest absolute Gasteiger partial charge is 0.398 e. The highest BCUT2D eigenvalue weighted by Crippen LogP contribution is 2.33. The smallest absolute Gasteiger partial charge is 0.238 e. The third kappa shape index (κ3) is 3.33. The Hall–Kier alpha value is -1.50. The first-order chi connectivity index (χ1) is 9.27. The molecule has 2 rings (SSSR count). The Balaban J connectivity index is 2.32. The Kier molecular flexibility index (Phi) is 4.08. The summed E-state index contributed by atoms with van der Waals surface area (Å²) in [5.74, 6) is 0. The van der Waals surface area contributed by atoms with Gasteiger partial charge in [-0.25, -0.2) is 13.6 Å². The molecule has 0 heterocycles. The number of nitrogens with two attached hydrogens (primary N) is 2. The second-order valence-electron chi connectivity index (χ2n) is 4.59. The first kappa shape index (κ1) is 14.9. The summed E-state index contributed by atoms with van der Waals surface area (Å²) in [6.45, 7) is 4.10. The molecule has 0 bridgehead atoms. The summed E-state index contributed by atoms with van der Waals surface area (Å²) in [5, 5.41) is 5.07. The predicted molar refractivity (Wildman–Crippen MR) is 82.3 cm³/mol. The van der Waals surface area contributed by atoms with Gasteiger partial charge in [0.2, 0.25) is 10.0 Å². The van der Waals surface area contributed by atoms with E-state index in [1.807, 2.05) is 19.1 Å². The van der Waals surface area contributed by atoms with E-state index < -0.39 is 10.0 Å². The number of aryl methyl sites for hydroxylation is 2. The van der Waals surface area contributed by atoms with Crippen LogP contribution in [0.3, 0.4) is 0 Å². The molecule has 0 aromatic heterocycles. The topological polar surface area (TPSA) is 86.2 Å². The Morgan fingerprint density at radius 1 is 1.00 bits per heavy atom. The van der Waals surface area contributed by atoms with Crippen molar-refractivity contribution in [3.63, 3.8) is 0 Å². The first-order valence-electron chi connectivity index (χ1n) is 5.95. The maximum atomic E-state index is 11.3. The molecule has 0 saturated heterocycles. The second kappa shape index (κ2) is 5.47. The van der Waals surface area contributed by atoms with Gasteiger partial charge < -0.3 is 5.73 Å². The number of rotatable bonds is 3. The van der Waals surface area contributed by atoms with Crippen LogP contribution in [0.15, 0.2) is 51.1 Å². The lowest BCUT2D eigenvalue weighted by Gasteiger charge is -2.08. The van der Waals surface area contributed by atoms with Crippen molar-refractivity contribution in [1.82, 2.24) is 0 Å². The van der Waals surface area contributed by atoms with Gasteiger partial charge in [0.15, 0.2) is 0 Å². The normalized spacial score (nSPS) is 11.6. The van der Waals surface area contributed by atoms with Crippen molar-refractivity contribution in [3.8, 4) is 0 Å². The highest BCUT2D eigenvalue weighted by molar-refractivity contribution is 7.99. The molecule has 2 aromatic rings. The molecule has 0 unspecified atom stereocenters. The molecular formula is C14H16N2O2S2. The minimum Gasteiger partial charge on any atom is -0.398 e. The van der Waals surface area contributed by atoms with E-state index in [0.29, 0.717) is 5.69 Å². The van der Waals surface area contributed by atoms with E-state index in [4.69, 9.17) is 10.9 Å². The van der Waals surface area contributed by atoms with E-state index in [1.165, 1.54) is 35.0 Å². The van der Waals surface area contributed by atoms with Gasteiger partial charge in [-0.15, -0.1) is 0 Å². The summed E-state index contributed by atoms with van der Waals surface area (Å²) in [6, 6.07) is 10.7. The van der Waals surface area contributed by atoms with E-state index in [1.54, 1.807) is 6.07 Å². The maximum Gasteiger partial charge on any atom is 0.238 e. The fraction of sp³-hybridized carbons (Fsp3) is 0.143. The average molecular weight is 308 g/mol. The molecule has 106 valence electrons. The molecular weight excluding hydrogens is 292 g/mol. The van der Waals surface area contributed by atoms with Gasteiger partial charge >= 0.3 is 0 Å². The van der Waals surface area contributed by atoms with Crippen LogP contribution in [0.2, 0.25) is 0 Å². The van der Waals surface area contributed by atoms with Gasteiger partial charge in [0.25, 0.3) is 0 Å². The number of anilines is 1. The summed E-state index contributed by atoms with van der Waals surface area (Å²) in [5.41, 5.74) is 8.73. The van der Waals surface area contributed by atoms with Gasteiger partial charge in [-0.3, -0.25) is 0 Å². The summed E-state index contributed by atoms with van der Waals surface area (Å²) >= 11 is 1.50. The Morgan fingerprint density at radius 2 is 1.70 bits per heavy atom. The highest BCUT2D eigenvalue weighted by atomic mass is 32.2. The quantitative estimate of drug-likeness (QED) is 0.854. The molecule has 0 spiro atoms. The number of benzene rings is 2. The number of nitrogen functional groups attached to an aromatic ring is 1. The summed E-state index contributed by atoms with van der Waals surface area (Å²) in [4.78, 5) is 1.89. The van der Waals surface area contributed by atoms with Crippen LogP contribution < -0.4 is 10.9 Å². The van der Waals surface area contributed by atoms with Crippen LogP contribution in [0.5, 0.6) is 0 Å². The Morgan fingerprint density at radius 3 is 2.25 bits per heavy atom. The molecule has 4 nitrogen and oxygen atoms in total. The van der Waals surface area contributed by atoms with Gasteiger partial charge in [0.05, 0.1) is 4.90 Å². The van der Waals surface area contributed by atoms with Crippen molar-refractivity contribution in [2.75, 3.05) is 5.73 Å². The lowest BCUT2D eigenvalue weighted by molar-refractivity contribution is 0.598. The van der Waals surface area contributed by atoms with Crippen molar-refractivity contribution in [1.29, 1.82) is 0 Å². The molecule has 6 heteroatoms. The van der Waals surface area contributed by atoms with E-state index in [9.17, 15) is 8.42 Å². The minimum absolute atomic E-state index is 0.0273. The lowest BCUT2D eigenvalue weighted by Crippen LogP contribution is -2.12. The van der Waals surface area contributed by atoms with Crippen LogP contribution in [0.1, 0.15) is 11.1 Å². The predicted octanol–water partition coefficient (Wildman–Crippen LogP) is 2.68. The first-order valence-corrected chi connectivity index (χ1v) is 8.31.